The lowest BCUT2D eigenvalue weighted by atomic mass is 10.2. The van der Waals surface area contributed by atoms with E-state index >= 15 is 0 Å². The average Bonchev–Trinajstić information content (AvgIpc) is 2.89. The number of rotatable bonds is 1. The minimum absolute atomic E-state index is 0.288. The molecular formula is C9H15F3N2. The summed E-state index contributed by atoms with van der Waals surface area (Å²) in [6.45, 7) is 2.62. The lowest BCUT2D eigenvalue weighted by molar-refractivity contribution is -0.195. The second kappa shape index (κ2) is 3.38. The SMILES string of the molecule is FC(F)(F)C1(N2CCCNCC2)CC1. The van der Waals surface area contributed by atoms with Gasteiger partial charge in [0.1, 0.15) is 5.54 Å². The fraction of sp³-hybridized carbons (Fsp3) is 1.00. The van der Waals surface area contributed by atoms with Gasteiger partial charge in [-0.25, -0.2) is 0 Å². The van der Waals surface area contributed by atoms with Gasteiger partial charge in [-0.05, 0) is 25.8 Å². The Balaban J connectivity index is 2.05. The second-order valence-electron chi connectivity index (χ2n) is 4.12. The van der Waals surface area contributed by atoms with Gasteiger partial charge in [0.05, 0.1) is 0 Å². The first kappa shape index (κ1) is 10.2. The first-order valence-corrected chi connectivity index (χ1v) is 5.09. The molecule has 0 bridgehead atoms. The van der Waals surface area contributed by atoms with Crippen molar-refractivity contribution < 1.29 is 13.2 Å². The van der Waals surface area contributed by atoms with E-state index in [2.05, 4.69) is 5.32 Å². The summed E-state index contributed by atoms with van der Waals surface area (Å²) in [7, 11) is 0. The number of nitrogens with zero attached hydrogens (tertiary/aromatic N) is 1. The summed E-state index contributed by atoms with van der Waals surface area (Å²) in [5, 5.41) is 3.12. The molecule has 82 valence electrons. The molecule has 1 aliphatic heterocycles. The summed E-state index contributed by atoms with van der Waals surface area (Å²) in [6.07, 6.45) is -2.65. The maximum absolute atomic E-state index is 12.8. The number of hydrogen-bond donors (Lipinski definition) is 1. The van der Waals surface area contributed by atoms with E-state index in [-0.39, 0.29) is 12.8 Å². The van der Waals surface area contributed by atoms with Crippen molar-refractivity contribution in [2.24, 2.45) is 0 Å². The molecule has 0 atom stereocenters. The Bertz CT molecular complexity index is 203. The van der Waals surface area contributed by atoms with Crippen molar-refractivity contribution in [3.63, 3.8) is 0 Å². The van der Waals surface area contributed by atoms with Gasteiger partial charge in [-0.3, -0.25) is 4.90 Å². The van der Waals surface area contributed by atoms with Crippen molar-refractivity contribution in [1.29, 1.82) is 0 Å². The van der Waals surface area contributed by atoms with Crippen LogP contribution in [-0.4, -0.2) is 42.8 Å². The maximum Gasteiger partial charge on any atom is 0.406 e. The largest absolute Gasteiger partial charge is 0.406 e. The molecule has 0 radical (unpaired) electrons. The molecule has 1 heterocycles. The van der Waals surface area contributed by atoms with Crippen LogP contribution < -0.4 is 5.32 Å². The zero-order valence-electron chi connectivity index (χ0n) is 8.03. The Morgan fingerprint density at radius 2 is 1.79 bits per heavy atom. The first-order chi connectivity index (χ1) is 6.56. The van der Waals surface area contributed by atoms with Gasteiger partial charge in [-0.2, -0.15) is 13.2 Å². The first-order valence-electron chi connectivity index (χ1n) is 5.09. The highest BCUT2D eigenvalue weighted by Gasteiger charge is 2.66. The van der Waals surface area contributed by atoms with Crippen LogP contribution in [0.4, 0.5) is 13.2 Å². The van der Waals surface area contributed by atoms with Crippen molar-refractivity contribution in [1.82, 2.24) is 10.2 Å². The third-order valence-corrected chi connectivity index (χ3v) is 3.20. The Labute approximate surface area is 81.5 Å². The van der Waals surface area contributed by atoms with Crippen LogP contribution in [0.1, 0.15) is 19.3 Å². The fourth-order valence-corrected chi connectivity index (χ4v) is 2.17. The molecule has 0 aromatic heterocycles. The Morgan fingerprint density at radius 1 is 1.07 bits per heavy atom. The van der Waals surface area contributed by atoms with E-state index in [9.17, 15) is 13.2 Å². The summed E-state index contributed by atoms with van der Waals surface area (Å²) >= 11 is 0. The number of hydrogen-bond acceptors (Lipinski definition) is 2. The monoisotopic (exact) mass is 208 g/mol. The molecule has 14 heavy (non-hydrogen) atoms. The van der Waals surface area contributed by atoms with Crippen molar-refractivity contribution in [3.8, 4) is 0 Å². The summed E-state index contributed by atoms with van der Waals surface area (Å²) in [5.41, 5.74) is -1.46. The predicted octanol–water partition coefficient (Wildman–Crippen LogP) is 1.38. The molecule has 2 fully saturated rings. The minimum Gasteiger partial charge on any atom is -0.315 e. The molecule has 5 heteroatoms. The van der Waals surface area contributed by atoms with Gasteiger partial charge >= 0.3 is 6.18 Å². The second-order valence-corrected chi connectivity index (χ2v) is 4.12. The molecule has 2 aliphatic rings. The van der Waals surface area contributed by atoms with Gasteiger partial charge in [0.2, 0.25) is 0 Å². The van der Waals surface area contributed by atoms with Gasteiger partial charge in [0.25, 0.3) is 0 Å². The van der Waals surface area contributed by atoms with E-state index in [4.69, 9.17) is 0 Å². The molecule has 0 amide bonds. The van der Waals surface area contributed by atoms with Crippen molar-refractivity contribution in [2.45, 2.75) is 31.0 Å². The van der Waals surface area contributed by atoms with Gasteiger partial charge in [0, 0.05) is 19.6 Å². The smallest absolute Gasteiger partial charge is 0.315 e. The van der Waals surface area contributed by atoms with Crippen LogP contribution in [0.2, 0.25) is 0 Å². The third-order valence-electron chi connectivity index (χ3n) is 3.20. The standard InChI is InChI=1S/C9H15F3N2/c10-9(11,12)8(2-3-8)14-6-1-4-13-5-7-14/h13H,1-7H2. The summed E-state index contributed by atoms with van der Waals surface area (Å²) in [6, 6.07) is 0. The van der Waals surface area contributed by atoms with Gasteiger partial charge in [0.15, 0.2) is 0 Å². The van der Waals surface area contributed by atoms with Crippen LogP contribution in [0.3, 0.4) is 0 Å². The maximum atomic E-state index is 12.8. The van der Waals surface area contributed by atoms with Crippen LogP contribution in [0.15, 0.2) is 0 Å². The predicted molar refractivity (Wildman–Crippen MR) is 47.1 cm³/mol. The molecule has 1 saturated heterocycles. The summed E-state index contributed by atoms with van der Waals surface area (Å²) in [5.74, 6) is 0. The quantitative estimate of drug-likeness (QED) is 0.700. The number of alkyl halides is 3. The van der Waals surface area contributed by atoms with Crippen LogP contribution in [0.25, 0.3) is 0 Å². The number of halogens is 3. The minimum atomic E-state index is -4.04. The van der Waals surface area contributed by atoms with E-state index in [1.807, 2.05) is 0 Å². The lowest BCUT2D eigenvalue weighted by Gasteiger charge is -2.32. The zero-order valence-corrected chi connectivity index (χ0v) is 8.03. The molecule has 0 aromatic carbocycles. The van der Waals surface area contributed by atoms with E-state index in [0.29, 0.717) is 19.6 Å². The highest BCUT2D eigenvalue weighted by molar-refractivity contribution is 5.09. The van der Waals surface area contributed by atoms with Crippen LogP contribution in [0, 0.1) is 0 Å². The van der Waals surface area contributed by atoms with Gasteiger partial charge in [-0.1, -0.05) is 0 Å². The summed E-state index contributed by atoms with van der Waals surface area (Å²) < 4.78 is 38.3. The molecule has 2 nitrogen and oxygen atoms in total. The van der Waals surface area contributed by atoms with Crippen LogP contribution >= 0.6 is 0 Å². The summed E-state index contributed by atoms with van der Waals surface area (Å²) in [4.78, 5) is 1.62. The molecule has 0 spiro atoms. The molecule has 0 aromatic rings. The average molecular weight is 208 g/mol. The lowest BCUT2D eigenvalue weighted by Crippen LogP contribution is -2.49. The molecule has 1 saturated carbocycles. The van der Waals surface area contributed by atoms with Crippen LogP contribution in [-0.2, 0) is 0 Å². The van der Waals surface area contributed by atoms with E-state index < -0.39 is 11.7 Å². The van der Waals surface area contributed by atoms with E-state index in [1.54, 1.807) is 4.90 Å². The van der Waals surface area contributed by atoms with Crippen molar-refractivity contribution >= 4 is 0 Å². The van der Waals surface area contributed by atoms with Crippen molar-refractivity contribution in [2.75, 3.05) is 26.2 Å². The van der Waals surface area contributed by atoms with E-state index in [1.165, 1.54) is 0 Å². The Morgan fingerprint density at radius 3 is 2.36 bits per heavy atom. The molecule has 2 rings (SSSR count). The van der Waals surface area contributed by atoms with Crippen LogP contribution in [0.5, 0.6) is 0 Å². The zero-order chi connectivity index (χ0) is 10.2. The number of nitrogens with one attached hydrogen (secondary N) is 1. The van der Waals surface area contributed by atoms with Crippen molar-refractivity contribution in [3.05, 3.63) is 0 Å². The normalized spacial score (nSPS) is 28.5. The highest BCUT2D eigenvalue weighted by Crippen LogP contribution is 2.53. The molecule has 1 aliphatic carbocycles. The molecule has 1 N–H and O–H groups in total. The Hall–Kier alpha value is -0.290. The fourth-order valence-electron chi connectivity index (χ4n) is 2.17. The topological polar surface area (TPSA) is 15.3 Å². The van der Waals surface area contributed by atoms with Gasteiger partial charge < -0.3 is 5.32 Å². The Kier molecular flexibility index (Phi) is 2.47. The highest BCUT2D eigenvalue weighted by atomic mass is 19.4. The molecular weight excluding hydrogens is 193 g/mol. The van der Waals surface area contributed by atoms with Gasteiger partial charge in [-0.15, -0.1) is 0 Å². The third kappa shape index (κ3) is 1.63. The molecule has 0 unspecified atom stereocenters. The van der Waals surface area contributed by atoms with E-state index in [0.717, 1.165) is 13.0 Å².